The minimum absolute atomic E-state index is 0.125. The Kier molecular flexibility index (Phi) is 3.22. The molecule has 0 radical (unpaired) electrons. The van der Waals surface area contributed by atoms with Crippen LogP contribution in [0, 0.1) is 0 Å². The van der Waals surface area contributed by atoms with E-state index < -0.39 is 0 Å². The number of nitrogens with zero attached hydrogens (tertiary/aromatic N) is 1. The summed E-state index contributed by atoms with van der Waals surface area (Å²) >= 11 is 0. The number of ether oxygens (including phenoxy) is 2. The van der Waals surface area contributed by atoms with Gasteiger partial charge in [-0.05, 0) is 18.6 Å². The van der Waals surface area contributed by atoms with Gasteiger partial charge in [-0.15, -0.1) is 0 Å². The fourth-order valence-electron chi connectivity index (χ4n) is 2.25. The van der Waals surface area contributed by atoms with Crippen LogP contribution in [-0.4, -0.2) is 33.6 Å². The number of ketones is 1. The Morgan fingerprint density at radius 2 is 1.82 bits per heavy atom. The van der Waals surface area contributed by atoms with E-state index in [0.717, 1.165) is 24.4 Å². The van der Waals surface area contributed by atoms with Gasteiger partial charge in [-0.1, -0.05) is 0 Å². The average molecular weight is 235 g/mol. The lowest BCUT2D eigenvalue weighted by Crippen LogP contribution is -2.19. The van der Waals surface area contributed by atoms with E-state index in [1.165, 1.54) is 0 Å². The molecule has 0 fully saturated rings. The summed E-state index contributed by atoms with van der Waals surface area (Å²) in [5.41, 5.74) is 1.49. The predicted octanol–water partition coefficient (Wildman–Crippen LogP) is 2.12. The standard InChI is InChI=1S/C13H17NO3/c1-14-8-4-5-9(15)12-10(16-2)6-7-11(17-3)13(12)14/h6-7H,4-5,8H2,1-3H3. The highest BCUT2D eigenvalue weighted by Gasteiger charge is 2.26. The van der Waals surface area contributed by atoms with Gasteiger partial charge in [0.15, 0.2) is 5.78 Å². The summed E-state index contributed by atoms with van der Waals surface area (Å²) in [6.45, 7) is 0.849. The Labute approximate surface area is 101 Å². The third-order valence-electron chi connectivity index (χ3n) is 3.10. The minimum Gasteiger partial charge on any atom is -0.496 e. The van der Waals surface area contributed by atoms with Crippen LogP contribution in [0.3, 0.4) is 0 Å². The molecule has 1 aromatic carbocycles. The molecule has 0 unspecified atom stereocenters. The lowest BCUT2D eigenvalue weighted by atomic mass is 10.0. The van der Waals surface area contributed by atoms with E-state index >= 15 is 0 Å². The number of fused-ring (bicyclic) bond motifs is 1. The first-order chi connectivity index (χ1) is 8.19. The van der Waals surface area contributed by atoms with Crippen molar-refractivity contribution in [2.45, 2.75) is 12.8 Å². The van der Waals surface area contributed by atoms with Crippen LogP contribution in [0.5, 0.6) is 11.5 Å². The van der Waals surface area contributed by atoms with E-state index in [1.807, 2.05) is 13.1 Å². The number of rotatable bonds is 2. The van der Waals surface area contributed by atoms with Crippen molar-refractivity contribution in [3.8, 4) is 11.5 Å². The molecule has 0 saturated heterocycles. The molecule has 4 nitrogen and oxygen atoms in total. The molecular formula is C13H17NO3. The van der Waals surface area contributed by atoms with Crippen LogP contribution in [0.25, 0.3) is 0 Å². The van der Waals surface area contributed by atoms with Gasteiger partial charge in [0.05, 0.1) is 25.5 Å². The van der Waals surface area contributed by atoms with Gasteiger partial charge in [-0.3, -0.25) is 4.79 Å². The number of benzene rings is 1. The number of anilines is 1. The molecule has 1 aliphatic rings. The minimum atomic E-state index is 0.125. The topological polar surface area (TPSA) is 38.8 Å². The normalized spacial score (nSPS) is 15.2. The van der Waals surface area contributed by atoms with E-state index in [-0.39, 0.29) is 5.78 Å². The highest BCUT2D eigenvalue weighted by Crippen LogP contribution is 2.40. The van der Waals surface area contributed by atoms with Gasteiger partial charge in [0, 0.05) is 20.0 Å². The summed E-state index contributed by atoms with van der Waals surface area (Å²) in [5, 5.41) is 0. The van der Waals surface area contributed by atoms with Crippen molar-refractivity contribution in [2.24, 2.45) is 0 Å². The van der Waals surface area contributed by atoms with Crippen LogP contribution in [-0.2, 0) is 0 Å². The van der Waals surface area contributed by atoms with E-state index in [1.54, 1.807) is 20.3 Å². The molecule has 0 amide bonds. The molecule has 92 valence electrons. The van der Waals surface area contributed by atoms with Gasteiger partial charge < -0.3 is 14.4 Å². The Morgan fingerprint density at radius 1 is 1.18 bits per heavy atom. The molecule has 1 aromatic rings. The van der Waals surface area contributed by atoms with Crippen molar-refractivity contribution in [3.63, 3.8) is 0 Å². The fourth-order valence-corrected chi connectivity index (χ4v) is 2.25. The summed E-state index contributed by atoms with van der Waals surface area (Å²) in [4.78, 5) is 14.2. The Morgan fingerprint density at radius 3 is 2.47 bits per heavy atom. The van der Waals surface area contributed by atoms with Gasteiger partial charge in [0.1, 0.15) is 11.5 Å². The molecule has 17 heavy (non-hydrogen) atoms. The second-order valence-electron chi connectivity index (χ2n) is 4.14. The fraction of sp³-hybridized carbons (Fsp3) is 0.462. The third kappa shape index (κ3) is 1.95. The Balaban J connectivity index is 2.68. The lowest BCUT2D eigenvalue weighted by molar-refractivity contribution is 0.0980. The van der Waals surface area contributed by atoms with Crippen LogP contribution in [0.2, 0.25) is 0 Å². The second-order valence-corrected chi connectivity index (χ2v) is 4.14. The summed E-state index contributed by atoms with van der Waals surface area (Å²) in [6, 6.07) is 3.63. The zero-order chi connectivity index (χ0) is 12.4. The number of carbonyl (C=O) groups excluding carboxylic acids is 1. The molecule has 0 N–H and O–H groups in total. The summed E-state index contributed by atoms with van der Waals surface area (Å²) < 4.78 is 10.6. The first-order valence-corrected chi connectivity index (χ1v) is 5.68. The monoisotopic (exact) mass is 235 g/mol. The number of methoxy groups -OCH3 is 2. The van der Waals surface area contributed by atoms with Crippen molar-refractivity contribution in [2.75, 3.05) is 32.7 Å². The van der Waals surface area contributed by atoms with Gasteiger partial charge in [0.2, 0.25) is 0 Å². The summed E-state index contributed by atoms with van der Waals surface area (Å²) in [7, 11) is 5.17. The molecule has 1 aliphatic heterocycles. The summed E-state index contributed by atoms with van der Waals surface area (Å²) in [5.74, 6) is 1.47. The Bertz CT molecular complexity index is 443. The number of Topliss-reactive ketones (excluding diaryl/α,β-unsaturated/α-hetero) is 1. The van der Waals surface area contributed by atoms with E-state index in [9.17, 15) is 4.79 Å². The molecule has 0 saturated carbocycles. The van der Waals surface area contributed by atoms with Gasteiger partial charge in [-0.25, -0.2) is 0 Å². The molecule has 0 spiro atoms. The maximum Gasteiger partial charge on any atom is 0.168 e. The molecule has 0 aromatic heterocycles. The van der Waals surface area contributed by atoms with E-state index in [2.05, 4.69) is 4.90 Å². The lowest BCUT2D eigenvalue weighted by Gasteiger charge is -2.22. The van der Waals surface area contributed by atoms with Crippen LogP contribution in [0.1, 0.15) is 23.2 Å². The molecule has 0 aliphatic carbocycles. The van der Waals surface area contributed by atoms with E-state index in [0.29, 0.717) is 17.7 Å². The SMILES string of the molecule is COc1ccc(OC)c2c1C(=O)CCCN2C. The first-order valence-electron chi connectivity index (χ1n) is 5.68. The van der Waals surface area contributed by atoms with Crippen LogP contribution >= 0.6 is 0 Å². The predicted molar refractivity (Wildman–Crippen MR) is 66.4 cm³/mol. The first kappa shape index (κ1) is 11.8. The summed E-state index contributed by atoms with van der Waals surface area (Å²) in [6.07, 6.45) is 1.41. The third-order valence-corrected chi connectivity index (χ3v) is 3.10. The average Bonchev–Trinajstić information content (AvgIpc) is 2.49. The van der Waals surface area contributed by atoms with Crippen LogP contribution in [0.4, 0.5) is 5.69 Å². The molecule has 0 atom stereocenters. The quantitative estimate of drug-likeness (QED) is 0.787. The number of hydrogen-bond donors (Lipinski definition) is 0. The maximum absolute atomic E-state index is 12.1. The number of hydrogen-bond acceptors (Lipinski definition) is 4. The molecular weight excluding hydrogens is 218 g/mol. The zero-order valence-electron chi connectivity index (χ0n) is 10.4. The zero-order valence-corrected chi connectivity index (χ0v) is 10.4. The van der Waals surface area contributed by atoms with Gasteiger partial charge >= 0.3 is 0 Å². The van der Waals surface area contributed by atoms with Gasteiger partial charge in [0.25, 0.3) is 0 Å². The van der Waals surface area contributed by atoms with Crippen molar-refractivity contribution in [1.82, 2.24) is 0 Å². The molecule has 4 heteroatoms. The van der Waals surface area contributed by atoms with Crippen molar-refractivity contribution < 1.29 is 14.3 Å². The number of carbonyl (C=O) groups is 1. The Hall–Kier alpha value is -1.71. The van der Waals surface area contributed by atoms with E-state index in [4.69, 9.17) is 9.47 Å². The van der Waals surface area contributed by atoms with Crippen molar-refractivity contribution in [3.05, 3.63) is 17.7 Å². The molecule has 0 bridgehead atoms. The largest absolute Gasteiger partial charge is 0.496 e. The van der Waals surface area contributed by atoms with Crippen molar-refractivity contribution >= 4 is 11.5 Å². The molecule has 2 rings (SSSR count). The van der Waals surface area contributed by atoms with Gasteiger partial charge in [-0.2, -0.15) is 0 Å². The second kappa shape index (κ2) is 4.65. The van der Waals surface area contributed by atoms with Crippen LogP contribution < -0.4 is 14.4 Å². The maximum atomic E-state index is 12.1. The highest BCUT2D eigenvalue weighted by atomic mass is 16.5. The molecule has 1 heterocycles. The highest BCUT2D eigenvalue weighted by molar-refractivity contribution is 6.05. The smallest absolute Gasteiger partial charge is 0.168 e. The van der Waals surface area contributed by atoms with Crippen LogP contribution in [0.15, 0.2) is 12.1 Å². The van der Waals surface area contributed by atoms with Crippen molar-refractivity contribution in [1.29, 1.82) is 0 Å².